The van der Waals surface area contributed by atoms with Gasteiger partial charge in [0.1, 0.15) is 0 Å². The quantitative estimate of drug-likeness (QED) is 0.817. The van der Waals surface area contributed by atoms with Gasteiger partial charge in [0, 0.05) is 38.9 Å². The normalized spacial score (nSPS) is 18.1. The summed E-state index contributed by atoms with van der Waals surface area (Å²) in [5.41, 5.74) is 2.93. The third-order valence-corrected chi connectivity index (χ3v) is 6.75. The van der Waals surface area contributed by atoms with Crippen molar-refractivity contribution in [1.29, 1.82) is 0 Å². The fraction of sp³-hybridized carbons (Fsp3) is 0.368. The fourth-order valence-electron chi connectivity index (χ4n) is 3.35. The molecule has 1 saturated heterocycles. The van der Waals surface area contributed by atoms with Crippen molar-refractivity contribution in [3.63, 3.8) is 0 Å². The van der Waals surface area contributed by atoms with Crippen molar-refractivity contribution >= 4 is 16.2 Å². The average molecular weight is 389 g/mol. The maximum Gasteiger partial charge on any atom is 0.335 e. The lowest BCUT2D eigenvalue weighted by Gasteiger charge is -2.21. The summed E-state index contributed by atoms with van der Waals surface area (Å²) in [4.78, 5) is 15.5. The van der Waals surface area contributed by atoms with Crippen LogP contribution in [0.4, 0.5) is 0 Å². The minimum Gasteiger partial charge on any atom is -0.478 e. The van der Waals surface area contributed by atoms with Gasteiger partial charge < -0.3 is 5.11 Å². The van der Waals surface area contributed by atoms with Gasteiger partial charge in [-0.2, -0.15) is 17.0 Å². The van der Waals surface area contributed by atoms with E-state index >= 15 is 0 Å². The van der Waals surface area contributed by atoms with Crippen molar-refractivity contribution in [2.45, 2.75) is 12.8 Å². The molecule has 0 aliphatic carbocycles. The molecule has 1 aliphatic heterocycles. The smallest absolute Gasteiger partial charge is 0.335 e. The van der Waals surface area contributed by atoms with Gasteiger partial charge in [-0.1, -0.05) is 18.2 Å². The summed E-state index contributed by atoms with van der Waals surface area (Å²) in [6.45, 7) is 1.01. The maximum atomic E-state index is 12.3. The highest BCUT2D eigenvalue weighted by atomic mass is 32.2. The van der Waals surface area contributed by atoms with Crippen LogP contribution in [0.5, 0.6) is 0 Å². The number of hydrogen-bond acceptors (Lipinski definition) is 4. The molecule has 0 amide bonds. The summed E-state index contributed by atoms with van der Waals surface area (Å²) in [7, 11) is -0.293. The van der Waals surface area contributed by atoms with Gasteiger partial charge in [-0.15, -0.1) is 0 Å². The summed E-state index contributed by atoms with van der Waals surface area (Å²) >= 11 is 0. The largest absolute Gasteiger partial charge is 0.478 e. The van der Waals surface area contributed by atoms with Crippen LogP contribution in [0.3, 0.4) is 0 Å². The molecule has 7 nitrogen and oxygen atoms in total. The third-order valence-electron chi connectivity index (χ3n) is 4.84. The van der Waals surface area contributed by atoms with Crippen LogP contribution < -0.4 is 0 Å². The van der Waals surface area contributed by atoms with Crippen LogP contribution in [0.15, 0.2) is 42.6 Å². The second-order valence-electron chi connectivity index (χ2n) is 6.90. The van der Waals surface area contributed by atoms with Crippen molar-refractivity contribution in [3.8, 4) is 11.3 Å². The number of pyridine rings is 1. The molecule has 1 atom stereocenters. The van der Waals surface area contributed by atoms with E-state index in [4.69, 9.17) is 5.11 Å². The standard InChI is InChI=1S/C19H23N3O4S/c1-21(2)27(25,26)22-11-9-14(13-22)12-17-4-3-10-20-18(17)15-5-7-16(8-6-15)19(23)24/h3-8,10,14H,9,11-13H2,1-2H3,(H,23,24). The molecule has 0 bridgehead atoms. The number of carbonyl (C=O) groups is 1. The minimum atomic E-state index is -3.38. The molecule has 2 heterocycles. The van der Waals surface area contributed by atoms with Gasteiger partial charge >= 0.3 is 5.97 Å². The number of carboxylic acids is 1. The zero-order chi connectivity index (χ0) is 19.6. The van der Waals surface area contributed by atoms with E-state index in [-0.39, 0.29) is 11.5 Å². The van der Waals surface area contributed by atoms with Crippen LogP contribution in [0.2, 0.25) is 0 Å². The molecule has 0 saturated carbocycles. The number of aromatic carboxylic acids is 1. The Balaban J connectivity index is 1.78. The number of rotatable bonds is 6. The highest BCUT2D eigenvalue weighted by molar-refractivity contribution is 7.86. The summed E-state index contributed by atoms with van der Waals surface area (Å²) in [5.74, 6) is -0.739. The molecular weight excluding hydrogens is 366 g/mol. The molecule has 0 radical (unpaired) electrons. The van der Waals surface area contributed by atoms with Gasteiger partial charge in [0.15, 0.2) is 0 Å². The van der Waals surface area contributed by atoms with Gasteiger partial charge in [-0.3, -0.25) is 4.98 Å². The van der Waals surface area contributed by atoms with Crippen molar-refractivity contribution < 1.29 is 18.3 Å². The molecule has 1 aliphatic rings. The lowest BCUT2D eigenvalue weighted by Crippen LogP contribution is -2.38. The van der Waals surface area contributed by atoms with Crippen molar-refractivity contribution in [2.24, 2.45) is 5.92 Å². The zero-order valence-corrected chi connectivity index (χ0v) is 16.2. The first kappa shape index (κ1) is 19.5. The van der Waals surface area contributed by atoms with Crippen LogP contribution in [0.1, 0.15) is 22.3 Å². The Morgan fingerprint density at radius 1 is 1.26 bits per heavy atom. The van der Waals surface area contributed by atoms with Gasteiger partial charge in [-0.05, 0) is 42.5 Å². The number of carboxylic acid groups (broad SMARTS) is 1. The monoisotopic (exact) mass is 389 g/mol. The van der Waals surface area contributed by atoms with Gasteiger partial charge in [0.2, 0.25) is 0 Å². The van der Waals surface area contributed by atoms with Gasteiger partial charge in [0.05, 0.1) is 11.3 Å². The molecule has 1 fully saturated rings. The van der Waals surface area contributed by atoms with E-state index in [2.05, 4.69) is 4.98 Å². The second-order valence-corrected chi connectivity index (χ2v) is 9.04. The molecule has 1 aromatic heterocycles. The summed E-state index contributed by atoms with van der Waals surface area (Å²) in [6, 6.07) is 10.5. The van der Waals surface area contributed by atoms with Gasteiger partial charge in [-0.25, -0.2) is 4.79 Å². The fourth-order valence-corrected chi connectivity index (χ4v) is 4.55. The zero-order valence-electron chi connectivity index (χ0n) is 15.4. The highest BCUT2D eigenvalue weighted by Gasteiger charge is 2.33. The molecule has 1 unspecified atom stereocenters. The average Bonchev–Trinajstić information content (AvgIpc) is 3.11. The predicted molar refractivity (Wildman–Crippen MR) is 103 cm³/mol. The molecule has 144 valence electrons. The Morgan fingerprint density at radius 2 is 1.96 bits per heavy atom. The Bertz CT molecular complexity index is 926. The summed E-state index contributed by atoms with van der Waals surface area (Å²) in [6.07, 6.45) is 3.24. The summed E-state index contributed by atoms with van der Waals surface area (Å²) in [5, 5.41) is 9.05. The molecule has 27 heavy (non-hydrogen) atoms. The molecular formula is C19H23N3O4S. The first-order valence-corrected chi connectivity index (χ1v) is 10.1. The molecule has 1 N–H and O–H groups in total. The van der Waals surface area contributed by atoms with E-state index in [1.54, 1.807) is 44.6 Å². The number of benzene rings is 1. The van der Waals surface area contributed by atoms with E-state index in [1.165, 1.54) is 8.61 Å². The molecule has 3 rings (SSSR count). The van der Waals surface area contributed by atoms with Crippen molar-refractivity contribution in [2.75, 3.05) is 27.2 Å². The van der Waals surface area contributed by atoms with E-state index in [0.717, 1.165) is 29.7 Å². The van der Waals surface area contributed by atoms with E-state index in [1.807, 2.05) is 12.1 Å². The van der Waals surface area contributed by atoms with Crippen LogP contribution in [-0.4, -0.2) is 60.3 Å². The minimum absolute atomic E-state index is 0.223. The first-order chi connectivity index (χ1) is 12.8. The third kappa shape index (κ3) is 4.18. The number of aromatic nitrogens is 1. The van der Waals surface area contributed by atoms with E-state index < -0.39 is 16.2 Å². The molecule has 1 aromatic carbocycles. The second kappa shape index (κ2) is 7.75. The van der Waals surface area contributed by atoms with Gasteiger partial charge in [0.25, 0.3) is 10.2 Å². The lowest BCUT2D eigenvalue weighted by atomic mass is 9.95. The Labute approximate surface area is 159 Å². The Kier molecular flexibility index (Phi) is 5.59. The SMILES string of the molecule is CN(C)S(=O)(=O)N1CCC(Cc2cccnc2-c2ccc(C(=O)O)cc2)C1. The van der Waals surface area contributed by atoms with E-state index in [9.17, 15) is 13.2 Å². The van der Waals surface area contributed by atoms with Crippen LogP contribution in [-0.2, 0) is 16.6 Å². The van der Waals surface area contributed by atoms with Crippen LogP contribution in [0, 0.1) is 5.92 Å². The predicted octanol–water partition coefficient (Wildman–Crippen LogP) is 2.12. The first-order valence-electron chi connectivity index (χ1n) is 8.74. The molecule has 2 aromatic rings. The highest BCUT2D eigenvalue weighted by Crippen LogP contribution is 2.28. The topological polar surface area (TPSA) is 90.8 Å². The Hall–Kier alpha value is -2.29. The number of hydrogen-bond donors (Lipinski definition) is 1. The number of nitrogens with zero attached hydrogens (tertiary/aromatic N) is 3. The lowest BCUT2D eigenvalue weighted by molar-refractivity contribution is 0.0697. The Morgan fingerprint density at radius 3 is 2.59 bits per heavy atom. The van der Waals surface area contributed by atoms with Crippen LogP contribution in [0.25, 0.3) is 11.3 Å². The van der Waals surface area contributed by atoms with Crippen molar-refractivity contribution in [1.82, 2.24) is 13.6 Å². The summed E-state index contributed by atoms with van der Waals surface area (Å²) < 4.78 is 27.4. The molecule has 0 spiro atoms. The maximum absolute atomic E-state index is 12.3. The molecule has 8 heteroatoms. The van der Waals surface area contributed by atoms with E-state index in [0.29, 0.717) is 13.1 Å². The van der Waals surface area contributed by atoms with Crippen molar-refractivity contribution in [3.05, 3.63) is 53.7 Å². The van der Waals surface area contributed by atoms with Crippen LogP contribution >= 0.6 is 0 Å².